The molecule has 5 heteroatoms. The molecule has 96 valence electrons. The van der Waals surface area contributed by atoms with E-state index in [0.29, 0.717) is 16.3 Å². The molecule has 2 aromatic rings. The number of methoxy groups -OCH3 is 1. The predicted octanol–water partition coefficient (Wildman–Crippen LogP) is 3.19. The Morgan fingerprint density at radius 1 is 1.39 bits per heavy atom. The minimum atomic E-state index is -0.986. The summed E-state index contributed by atoms with van der Waals surface area (Å²) in [6.07, 6.45) is 0. The molecule has 0 aliphatic heterocycles. The average Bonchev–Trinajstić information content (AvgIpc) is 2.77. The second-order valence-electron chi connectivity index (χ2n) is 4.45. The van der Waals surface area contributed by atoms with Crippen LogP contribution < -0.4 is 4.74 Å². The quantitative estimate of drug-likeness (QED) is 0.928. The van der Waals surface area contributed by atoms with Gasteiger partial charge in [-0.1, -0.05) is 0 Å². The second kappa shape index (κ2) is 4.66. The molecular weight excluding hydrogens is 253 g/mol. The van der Waals surface area contributed by atoms with Gasteiger partial charge in [0, 0.05) is 10.9 Å². The van der Waals surface area contributed by atoms with Gasteiger partial charge in [-0.3, -0.25) is 0 Å². The molecule has 0 saturated heterocycles. The highest BCUT2D eigenvalue weighted by Crippen LogP contribution is 2.30. The molecule has 0 aliphatic carbocycles. The lowest BCUT2D eigenvalue weighted by molar-refractivity contribution is 0.0746. The van der Waals surface area contributed by atoms with Crippen LogP contribution in [0.3, 0.4) is 0 Å². The summed E-state index contributed by atoms with van der Waals surface area (Å²) in [5, 5.41) is 12.3. The first-order valence-corrected chi connectivity index (χ1v) is 6.32. The number of rotatable bonds is 3. The van der Waals surface area contributed by atoms with Gasteiger partial charge in [0.2, 0.25) is 0 Å². The highest BCUT2D eigenvalue weighted by molar-refractivity contribution is 7.13. The molecular formula is C13H14FNO2S. The third kappa shape index (κ3) is 2.52. The van der Waals surface area contributed by atoms with Crippen molar-refractivity contribution in [1.29, 1.82) is 0 Å². The predicted molar refractivity (Wildman–Crippen MR) is 69.3 cm³/mol. The van der Waals surface area contributed by atoms with Gasteiger partial charge in [-0.05, 0) is 32.0 Å². The molecule has 18 heavy (non-hydrogen) atoms. The van der Waals surface area contributed by atoms with Gasteiger partial charge in [0.15, 0.2) is 11.6 Å². The Bertz CT molecular complexity index is 560. The summed E-state index contributed by atoms with van der Waals surface area (Å²) in [4.78, 5) is 4.31. The first kappa shape index (κ1) is 13.0. The Hall–Kier alpha value is -1.46. The first-order valence-electron chi connectivity index (χ1n) is 5.44. The molecule has 0 fully saturated rings. The van der Waals surface area contributed by atoms with Crippen LogP contribution in [0, 0.1) is 5.82 Å². The van der Waals surface area contributed by atoms with Crippen molar-refractivity contribution in [2.75, 3.05) is 7.11 Å². The van der Waals surface area contributed by atoms with Gasteiger partial charge in [0.05, 0.1) is 12.8 Å². The van der Waals surface area contributed by atoms with Crippen molar-refractivity contribution < 1.29 is 14.2 Å². The Labute approximate surface area is 109 Å². The molecule has 1 heterocycles. The van der Waals surface area contributed by atoms with Crippen LogP contribution >= 0.6 is 11.3 Å². The summed E-state index contributed by atoms with van der Waals surface area (Å²) in [5.74, 6) is -0.215. The fraction of sp³-hybridized carbons (Fsp3) is 0.308. The van der Waals surface area contributed by atoms with E-state index in [0.717, 1.165) is 0 Å². The van der Waals surface area contributed by atoms with Crippen LogP contribution in [0.2, 0.25) is 0 Å². The maximum Gasteiger partial charge on any atom is 0.165 e. The lowest BCUT2D eigenvalue weighted by Crippen LogP contribution is -2.15. The highest BCUT2D eigenvalue weighted by Gasteiger charge is 2.20. The molecule has 3 nitrogen and oxygen atoms in total. The van der Waals surface area contributed by atoms with Gasteiger partial charge in [0.1, 0.15) is 10.6 Å². The molecule has 0 amide bonds. The van der Waals surface area contributed by atoms with E-state index in [1.54, 1.807) is 31.4 Å². The van der Waals surface area contributed by atoms with Crippen LogP contribution in [0.15, 0.2) is 23.6 Å². The van der Waals surface area contributed by atoms with Crippen LogP contribution in [0.25, 0.3) is 10.6 Å². The second-order valence-corrected chi connectivity index (χ2v) is 5.30. The molecule has 0 unspecified atom stereocenters. The molecule has 1 aromatic heterocycles. The lowest BCUT2D eigenvalue weighted by atomic mass is 10.1. The largest absolute Gasteiger partial charge is 0.494 e. The van der Waals surface area contributed by atoms with Crippen LogP contribution in [0.5, 0.6) is 5.75 Å². The minimum Gasteiger partial charge on any atom is -0.494 e. The molecule has 0 radical (unpaired) electrons. The minimum absolute atomic E-state index is 0.206. The van der Waals surface area contributed by atoms with Crippen LogP contribution in [0.4, 0.5) is 4.39 Å². The number of halogens is 1. The third-order valence-electron chi connectivity index (χ3n) is 2.53. The normalized spacial score (nSPS) is 11.6. The van der Waals surface area contributed by atoms with E-state index in [-0.39, 0.29) is 5.75 Å². The SMILES string of the molecule is COc1ccc(-c2nc(C(C)(C)O)cs2)cc1F. The van der Waals surface area contributed by atoms with Gasteiger partial charge in [-0.2, -0.15) is 0 Å². The van der Waals surface area contributed by atoms with Crippen molar-refractivity contribution in [2.24, 2.45) is 0 Å². The van der Waals surface area contributed by atoms with Crippen molar-refractivity contribution in [3.63, 3.8) is 0 Å². The highest BCUT2D eigenvalue weighted by atomic mass is 32.1. The zero-order valence-electron chi connectivity index (χ0n) is 10.4. The Balaban J connectivity index is 2.38. The standard InChI is InChI=1S/C13H14FNO2S/c1-13(2,16)11-7-18-12(15-11)8-4-5-10(17-3)9(14)6-8/h4-7,16H,1-3H3. The number of ether oxygens (including phenoxy) is 1. The summed E-state index contributed by atoms with van der Waals surface area (Å²) >= 11 is 1.37. The maximum absolute atomic E-state index is 13.6. The number of hydrogen-bond donors (Lipinski definition) is 1. The number of hydrogen-bond acceptors (Lipinski definition) is 4. The van der Waals surface area contributed by atoms with Gasteiger partial charge < -0.3 is 9.84 Å². The molecule has 0 spiro atoms. The van der Waals surface area contributed by atoms with Crippen molar-refractivity contribution >= 4 is 11.3 Å². The summed E-state index contributed by atoms with van der Waals surface area (Å²) in [6.45, 7) is 3.33. The molecule has 2 rings (SSSR count). The van der Waals surface area contributed by atoms with E-state index in [1.165, 1.54) is 24.5 Å². The summed E-state index contributed by atoms with van der Waals surface area (Å²) in [7, 11) is 1.42. The van der Waals surface area contributed by atoms with Crippen molar-refractivity contribution in [3.05, 3.63) is 35.1 Å². The maximum atomic E-state index is 13.6. The van der Waals surface area contributed by atoms with Gasteiger partial charge in [0.25, 0.3) is 0 Å². The zero-order valence-corrected chi connectivity index (χ0v) is 11.2. The monoisotopic (exact) mass is 267 g/mol. The van der Waals surface area contributed by atoms with E-state index in [9.17, 15) is 9.50 Å². The summed E-state index contributed by atoms with van der Waals surface area (Å²) in [5.41, 5.74) is 0.271. The molecule has 1 aromatic carbocycles. The van der Waals surface area contributed by atoms with E-state index in [4.69, 9.17) is 4.74 Å². The number of aliphatic hydroxyl groups is 1. The molecule has 0 atom stereocenters. The van der Waals surface area contributed by atoms with Crippen LogP contribution in [0.1, 0.15) is 19.5 Å². The smallest absolute Gasteiger partial charge is 0.165 e. The number of benzene rings is 1. The van der Waals surface area contributed by atoms with E-state index in [1.807, 2.05) is 0 Å². The van der Waals surface area contributed by atoms with Crippen molar-refractivity contribution in [2.45, 2.75) is 19.4 Å². The van der Waals surface area contributed by atoms with E-state index in [2.05, 4.69) is 4.98 Å². The average molecular weight is 267 g/mol. The van der Waals surface area contributed by atoms with Crippen molar-refractivity contribution in [1.82, 2.24) is 4.98 Å². The Morgan fingerprint density at radius 2 is 2.11 bits per heavy atom. The number of aromatic nitrogens is 1. The fourth-order valence-corrected chi connectivity index (χ4v) is 2.47. The Kier molecular flexibility index (Phi) is 3.36. The molecule has 0 bridgehead atoms. The molecule has 1 N–H and O–H groups in total. The first-order chi connectivity index (χ1) is 8.41. The lowest BCUT2D eigenvalue weighted by Gasteiger charge is -2.13. The van der Waals surface area contributed by atoms with Gasteiger partial charge in [-0.15, -0.1) is 11.3 Å². The zero-order chi connectivity index (χ0) is 13.3. The van der Waals surface area contributed by atoms with E-state index >= 15 is 0 Å². The fourth-order valence-electron chi connectivity index (χ4n) is 1.49. The summed E-state index contributed by atoms with van der Waals surface area (Å²) < 4.78 is 18.4. The number of nitrogens with zero attached hydrogens (tertiary/aromatic N) is 1. The summed E-state index contributed by atoms with van der Waals surface area (Å²) in [6, 6.07) is 4.69. The molecule has 0 saturated carbocycles. The van der Waals surface area contributed by atoms with Crippen molar-refractivity contribution in [3.8, 4) is 16.3 Å². The van der Waals surface area contributed by atoms with Crippen LogP contribution in [-0.4, -0.2) is 17.2 Å². The topological polar surface area (TPSA) is 42.4 Å². The number of thiazole rings is 1. The molecule has 0 aliphatic rings. The van der Waals surface area contributed by atoms with Gasteiger partial charge >= 0.3 is 0 Å². The van der Waals surface area contributed by atoms with E-state index < -0.39 is 11.4 Å². The third-order valence-corrected chi connectivity index (χ3v) is 3.42. The van der Waals surface area contributed by atoms with Crippen LogP contribution in [-0.2, 0) is 5.60 Å². The van der Waals surface area contributed by atoms with Gasteiger partial charge in [-0.25, -0.2) is 9.37 Å². The Morgan fingerprint density at radius 3 is 2.61 bits per heavy atom.